The summed E-state index contributed by atoms with van der Waals surface area (Å²) >= 11 is 0. The van der Waals surface area contributed by atoms with Crippen molar-refractivity contribution in [3.8, 4) is 0 Å². The molecule has 2 N–H and O–H groups in total. The third-order valence-electron chi connectivity index (χ3n) is 7.15. The molecular formula is C20H31N3O3. The van der Waals surface area contributed by atoms with Crippen LogP contribution >= 0.6 is 0 Å². The van der Waals surface area contributed by atoms with Crippen molar-refractivity contribution in [3.63, 3.8) is 0 Å². The number of piperidine rings is 1. The van der Waals surface area contributed by atoms with Crippen molar-refractivity contribution in [2.45, 2.75) is 63.8 Å². The van der Waals surface area contributed by atoms with Gasteiger partial charge in [-0.1, -0.05) is 0 Å². The Morgan fingerprint density at radius 2 is 1.73 bits per heavy atom. The average Bonchev–Trinajstić information content (AvgIpc) is 2.57. The number of likely N-dealkylation sites (N-methyl/N-ethyl adjacent to an activating group) is 1. The predicted octanol–water partition coefficient (Wildman–Crippen LogP) is 1.45. The van der Waals surface area contributed by atoms with Crippen LogP contribution in [-0.2, 0) is 14.4 Å². The second-order valence-corrected chi connectivity index (χ2v) is 9.28. The molecule has 0 aromatic rings. The Labute approximate surface area is 155 Å². The van der Waals surface area contributed by atoms with Crippen LogP contribution in [0.15, 0.2) is 0 Å². The van der Waals surface area contributed by atoms with E-state index in [9.17, 15) is 14.4 Å². The van der Waals surface area contributed by atoms with Crippen LogP contribution in [0.25, 0.3) is 0 Å². The van der Waals surface area contributed by atoms with Gasteiger partial charge in [-0.25, -0.2) is 0 Å². The van der Waals surface area contributed by atoms with Crippen molar-refractivity contribution in [2.75, 3.05) is 20.1 Å². The number of carbonyl (C=O) groups excluding carboxylic acids is 3. The van der Waals surface area contributed by atoms with Gasteiger partial charge in [-0.15, -0.1) is 0 Å². The van der Waals surface area contributed by atoms with Gasteiger partial charge in [0.15, 0.2) is 0 Å². The van der Waals surface area contributed by atoms with E-state index in [2.05, 4.69) is 10.6 Å². The largest absolute Gasteiger partial charge is 0.355 e. The summed E-state index contributed by atoms with van der Waals surface area (Å²) in [5, 5.41) is 6.05. The van der Waals surface area contributed by atoms with Gasteiger partial charge in [-0.05, 0) is 62.7 Å². The maximum Gasteiger partial charge on any atom is 0.226 e. The number of nitrogens with zero attached hydrogens (tertiary/aromatic N) is 1. The Bertz CT molecular complexity index is 568. The summed E-state index contributed by atoms with van der Waals surface area (Å²) < 4.78 is 0. The lowest BCUT2D eigenvalue weighted by molar-refractivity contribution is -0.146. The van der Waals surface area contributed by atoms with Crippen LogP contribution in [0.3, 0.4) is 0 Å². The third-order valence-corrected chi connectivity index (χ3v) is 7.15. The van der Waals surface area contributed by atoms with E-state index < -0.39 is 0 Å². The molecule has 26 heavy (non-hydrogen) atoms. The molecule has 4 saturated carbocycles. The van der Waals surface area contributed by atoms with Gasteiger partial charge in [0.05, 0.1) is 0 Å². The van der Waals surface area contributed by atoms with Crippen molar-refractivity contribution < 1.29 is 14.4 Å². The molecule has 144 valence electrons. The zero-order valence-corrected chi connectivity index (χ0v) is 15.8. The maximum absolute atomic E-state index is 12.9. The standard InChI is InChI=1S/C20H31N3O3/c1-23-12-16(2-3-18(23)25)22-17(24)4-5-21-19(26)20-9-13-6-14(10-20)8-15(7-13)11-20/h13-16H,2-12H2,1H3,(H,21,26)(H,22,24)/t13?,14?,15?,16-,20?/m0/s1. The number of amides is 3. The van der Waals surface area contributed by atoms with Crippen LogP contribution in [0.5, 0.6) is 0 Å². The molecule has 3 amide bonds. The van der Waals surface area contributed by atoms with E-state index >= 15 is 0 Å². The lowest BCUT2D eigenvalue weighted by Gasteiger charge is -2.55. The minimum atomic E-state index is -0.141. The van der Waals surface area contributed by atoms with E-state index in [1.807, 2.05) is 0 Å². The van der Waals surface area contributed by atoms with Crippen LogP contribution in [0.1, 0.15) is 57.8 Å². The summed E-state index contributed by atoms with van der Waals surface area (Å²) in [5.74, 6) is 2.54. The van der Waals surface area contributed by atoms with Crippen LogP contribution < -0.4 is 10.6 Å². The van der Waals surface area contributed by atoms with Gasteiger partial charge in [0.2, 0.25) is 17.7 Å². The molecule has 6 nitrogen and oxygen atoms in total. The first-order chi connectivity index (χ1) is 12.4. The van der Waals surface area contributed by atoms with Crippen molar-refractivity contribution in [2.24, 2.45) is 23.2 Å². The topological polar surface area (TPSA) is 78.5 Å². The van der Waals surface area contributed by atoms with Gasteiger partial charge >= 0.3 is 0 Å². The van der Waals surface area contributed by atoms with E-state index in [4.69, 9.17) is 0 Å². The van der Waals surface area contributed by atoms with E-state index in [0.717, 1.165) is 37.0 Å². The number of rotatable bonds is 5. The summed E-state index contributed by atoms with van der Waals surface area (Å²) in [6.07, 6.45) is 8.65. The summed E-state index contributed by atoms with van der Waals surface area (Å²) in [4.78, 5) is 38.2. The second kappa shape index (κ2) is 6.86. The zero-order chi connectivity index (χ0) is 18.3. The van der Waals surface area contributed by atoms with E-state index in [1.165, 1.54) is 19.3 Å². The molecule has 1 saturated heterocycles. The molecule has 0 radical (unpaired) electrons. The number of carbonyl (C=O) groups is 3. The van der Waals surface area contributed by atoms with Crippen molar-refractivity contribution in [3.05, 3.63) is 0 Å². The quantitative estimate of drug-likeness (QED) is 0.778. The van der Waals surface area contributed by atoms with Crippen LogP contribution in [-0.4, -0.2) is 48.8 Å². The normalized spacial score (nSPS) is 38.3. The smallest absolute Gasteiger partial charge is 0.226 e. The fraction of sp³-hybridized carbons (Fsp3) is 0.850. The first kappa shape index (κ1) is 17.8. The Kier molecular flexibility index (Phi) is 4.70. The Balaban J connectivity index is 1.22. The SMILES string of the molecule is CN1C[C@@H](NC(=O)CCNC(=O)C23CC4CC(CC(C4)C2)C3)CCC1=O. The van der Waals surface area contributed by atoms with Gasteiger partial charge in [0.1, 0.15) is 0 Å². The molecule has 0 aromatic heterocycles. The highest BCUT2D eigenvalue weighted by molar-refractivity contribution is 5.84. The highest BCUT2D eigenvalue weighted by atomic mass is 16.2. The highest BCUT2D eigenvalue weighted by Gasteiger charge is 2.54. The molecule has 0 spiro atoms. The van der Waals surface area contributed by atoms with E-state index in [-0.39, 0.29) is 29.2 Å². The van der Waals surface area contributed by atoms with Gasteiger partial charge < -0.3 is 15.5 Å². The van der Waals surface area contributed by atoms with Gasteiger partial charge in [0.25, 0.3) is 0 Å². The van der Waals surface area contributed by atoms with Crippen molar-refractivity contribution in [1.82, 2.24) is 15.5 Å². The molecule has 5 aliphatic rings. The van der Waals surface area contributed by atoms with Crippen LogP contribution in [0.4, 0.5) is 0 Å². The third kappa shape index (κ3) is 3.47. The predicted molar refractivity (Wildman–Crippen MR) is 97.0 cm³/mol. The van der Waals surface area contributed by atoms with E-state index in [1.54, 1.807) is 11.9 Å². The number of hydrogen-bond acceptors (Lipinski definition) is 3. The molecule has 5 fully saturated rings. The van der Waals surface area contributed by atoms with Crippen LogP contribution in [0, 0.1) is 23.2 Å². The summed E-state index contributed by atoms with van der Waals surface area (Å²) in [6, 6.07) is 0.0315. The molecule has 6 heteroatoms. The van der Waals surface area contributed by atoms with Gasteiger partial charge in [-0.3, -0.25) is 14.4 Å². The number of hydrogen-bond donors (Lipinski definition) is 2. The zero-order valence-electron chi connectivity index (χ0n) is 15.8. The minimum absolute atomic E-state index is 0.0315. The lowest BCUT2D eigenvalue weighted by atomic mass is 9.49. The molecule has 4 bridgehead atoms. The number of nitrogens with one attached hydrogen (secondary N) is 2. The maximum atomic E-state index is 12.9. The molecule has 1 heterocycles. The van der Waals surface area contributed by atoms with Gasteiger partial charge in [-0.2, -0.15) is 0 Å². The van der Waals surface area contributed by atoms with E-state index in [0.29, 0.717) is 32.4 Å². The molecule has 4 aliphatic carbocycles. The fourth-order valence-electron chi connectivity index (χ4n) is 6.30. The highest BCUT2D eigenvalue weighted by Crippen LogP contribution is 2.60. The Morgan fingerprint density at radius 1 is 1.12 bits per heavy atom. The monoisotopic (exact) mass is 361 g/mol. The average molecular weight is 361 g/mol. The summed E-state index contributed by atoms with van der Waals surface area (Å²) in [7, 11) is 1.77. The molecular weight excluding hydrogens is 330 g/mol. The van der Waals surface area contributed by atoms with Crippen molar-refractivity contribution >= 4 is 17.7 Å². The lowest BCUT2D eigenvalue weighted by Crippen LogP contribution is -2.54. The Morgan fingerprint density at radius 3 is 2.31 bits per heavy atom. The second-order valence-electron chi connectivity index (χ2n) is 9.28. The molecule has 0 aromatic carbocycles. The molecule has 1 aliphatic heterocycles. The molecule has 0 unspecified atom stereocenters. The first-order valence-corrected chi connectivity index (χ1v) is 10.3. The minimum Gasteiger partial charge on any atom is -0.355 e. The van der Waals surface area contributed by atoms with Gasteiger partial charge in [0, 0.05) is 44.4 Å². The molecule has 1 atom stereocenters. The fourth-order valence-corrected chi connectivity index (χ4v) is 6.30. The summed E-state index contributed by atoms with van der Waals surface area (Å²) in [6.45, 7) is 0.984. The van der Waals surface area contributed by atoms with Crippen molar-refractivity contribution in [1.29, 1.82) is 0 Å². The van der Waals surface area contributed by atoms with Crippen LogP contribution in [0.2, 0.25) is 0 Å². The first-order valence-electron chi connectivity index (χ1n) is 10.3. The molecule has 5 rings (SSSR count). The number of likely N-dealkylation sites (tertiary alicyclic amines) is 1. The Hall–Kier alpha value is -1.59. The summed E-state index contributed by atoms with van der Waals surface area (Å²) in [5.41, 5.74) is -0.141.